The lowest BCUT2D eigenvalue weighted by atomic mass is 9.92. The molecule has 10 heteroatoms. The lowest BCUT2D eigenvalue weighted by Gasteiger charge is -2.36. The molecule has 0 saturated carbocycles. The molecule has 3 N–H and O–H groups in total. The van der Waals surface area contributed by atoms with Gasteiger partial charge in [0, 0.05) is 31.8 Å². The van der Waals surface area contributed by atoms with Crippen LogP contribution in [-0.4, -0.2) is 47.6 Å². The van der Waals surface area contributed by atoms with Crippen LogP contribution in [0.25, 0.3) is 0 Å². The first-order chi connectivity index (χ1) is 16.5. The summed E-state index contributed by atoms with van der Waals surface area (Å²) in [5, 5.41) is 22.7. The molecule has 2 amide bonds. The summed E-state index contributed by atoms with van der Waals surface area (Å²) in [5.74, 6) is -1.86. The van der Waals surface area contributed by atoms with Crippen LogP contribution in [0.5, 0.6) is 11.5 Å². The topological polar surface area (TPSA) is 124 Å². The number of rotatable bonds is 5. The smallest absolute Gasteiger partial charge is 0.258 e. The van der Waals surface area contributed by atoms with E-state index in [2.05, 4.69) is 5.32 Å². The van der Waals surface area contributed by atoms with E-state index in [1.165, 1.54) is 23.1 Å². The zero-order valence-corrected chi connectivity index (χ0v) is 20.3. The van der Waals surface area contributed by atoms with Crippen LogP contribution in [0, 0.1) is 0 Å². The molecule has 0 spiro atoms. The van der Waals surface area contributed by atoms with Crippen molar-refractivity contribution in [1.29, 1.82) is 0 Å². The molecule has 1 aliphatic rings. The second-order valence-electron chi connectivity index (χ2n) is 8.38. The molecule has 0 saturated heterocycles. The van der Waals surface area contributed by atoms with Gasteiger partial charge in [-0.2, -0.15) is 0 Å². The van der Waals surface area contributed by atoms with Crippen LogP contribution in [0.15, 0.2) is 65.6 Å². The van der Waals surface area contributed by atoms with E-state index < -0.39 is 33.4 Å². The van der Waals surface area contributed by atoms with Crippen LogP contribution in [-0.2, 0) is 34.1 Å². The van der Waals surface area contributed by atoms with Crippen molar-refractivity contribution in [3.63, 3.8) is 0 Å². The molecule has 0 radical (unpaired) electrons. The van der Waals surface area contributed by atoms with E-state index >= 15 is 0 Å². The van der Waals surface area contributed by atoms with E-state index in [0.29, 0.717) is 5.56 Å². The minimum atomic E-state index is -3.40. The van der Waals surface area contributed by atoms with Crippen LogP contribution in [0.4, 0.5) is 0 Å². The number of carbonyl (C=O) groups is 2. The first-order valence-corrected chi connectivity index (χ1v) is 13.0. The third-order valence-electron chi connectivity index (χ3n) is 5.90. The number of sulfone groups is 1. The molecule has 0 aliphatic carbocycles. The van der Waals surface area contributed by atoms with Crippen molar-refractivity contribution in [2.45, 2.75) is 30.4 Å². The predicted molar refractivity (Wildman–Crippen MR) is 130 cm³/mol. The normalized spacial score (nSPS) is 15.4. The van der Waals surface area contributed by atoms with Gasteiger partial charge in [-0.25, -0.2) is 8.42 Å². The standard InChI is InChI=1S/C25H23ClN2O6S/c1-35(33,34)18-8-4-5-15(9-18)13-27-24(31)21-10-16-6-2-3-7-17(16)14-28(21)25(32)19-11-20(26)23(30)12-22(19)29/h2-9,11-12,21,29-30H,10,13-14H2,1H3,(H,27,31)/t21-/m1/s1. The molecule has 3 aromatic carbocycles. The maximum absolute atomic E-state index is 13.4. The number of nitrogens with zero attached hydrogens (tertiary/aromatic N) is 1. The van der Waals surface area contributed by atoms with Crippen molar-refractivity contribution in [2.24, 2.45) is 0 Å². The van der Waals surface area contributed by atoms with Crippen molar-refractivity contribution < 1.29 is 28.2 Å². The van der Waals surface area contributed by atoms with Gasteiger partial charge >= 0.3 is 0 Å². The van der Waals surface area contributed by atoms with Crippen molar-refractivity contribution in [3.8, 4) is 11.5 Å². The molecule has 35 heavy (non-hydrogen) atoms. The van der Waals surface area contributed by atoms with Gasteiger partial charge in [-0.3, -0.25) is 9.59 Å². The fourth-order valence-electron chi connectivity index (χ4n) is 4.04. The SMILES string of the molecule is CS(=O)(=O)c1cccc(CNC(=O)[C@H]2Cc3ccccc3CN2C(=O)c2cc(Cl)c(O)cc2O)c1. The largest absolute Gasteiger partial charge is 0.507 e. The summed E-state index contributed by atoms with van der Waals surface area (Å²) < 4.78 is 23.7. The minimum absolute atomic E-state index is 0.0681. The van der Waals surface area contributed by atoms with Crippen molar-refractivity contribution in [1.82, 2.24) is 10.2 Å². The van der Waals surface area contributed by atoms with E-state index in [1.807, 2.05) is 24.3 Å². The predicted octanol–water partition coefficient (Wildman–Crippen LogP) is 3.04. The third kappa shape index (κ3) is 5.26. The number of hydrogen-bond donors (Lipinski definition) is 3. The van der Waals surface area contributed by atoms with E-state index in [4.69, 9.17) is 11.6 Å². The Morgan fingerprint density at radius 3 is 2.46 bits per heavy atom. The fraction of sp³-hybridized carbons (Fsp3) is 0.200. The molecular formula is C25H23ClN2O6S. The number of amides is 2. The van der Waals surface area contributed by atoms with Crippen LogP contribution >= 0.6 is 11.6 Å². The Balaban J connectivity index is 1.61. The van der Waals surface area contributed by atoms with Crippen molar-refractivity contribution in [2.75, 3.05) is 6.26 Å². The average molecular weight is 515 g/mol. The number of phenols is 2. The van der Waals surface area contributed by atoms with Gasteiger partial charge in [0.2, 0.25) is 5.91 Å². The Hall–Kier alpha value is -3.56. The van der Waals surface area contributed by atoms with Crippen LogP contribution in [0.1, 0.15) is 27.0 Å². The lowest BCUT2D eigenvalue weighted by molar-refractivity contribution is -0.126. The summed E-state index contributed by atoms with van der Waals surface area (Å²) >= 11 is 5.96. The first-order valence-electron chi connectivity index (χ1n) is 10.7. The summed E-state index contributed by atoms with van der Waals surface area (Å²) in [7, 11) is -3.40. The van der Waals surface area contributed by atoms with Crippen molar-refractivity contribution >= 4 is 33.3 Å². The van der Waals surface area contributed by atoms with Gasteiger partial charge in [-0.1, -0.05) is 48.0 Å². The zero-order chi connectivity index (χ0) is 25.3. The van der Waals surface area contributed by atoms with Gasteiger partial charge in [-0.15, -0.1) is 0 Å². The lowest BCUT2D eigenvalue weighted by Crippen LogP contribution is -2.52. The number of halogens is 1. The number of phenolic OH excluding ortho intramolecular Hbond substituents is 2. The van der Waals surface area contributed by atoms with Gasteiger partial charge in [0.05, 0.1) is 15.5 Å². The third-order valence-corrected chi connectivity index (χ3v) is 7.31. The van der Waals surface area contributed by atoms with Gasteiger partial charge in [-0.05, 0) is 34.9 Å². The van der Waals surface area contributed by atoms with E-state index in [9.17, 15) is 28.2 Å². The molecule has 1 heterocycles. The molecule has 0 fully saturated rings. The minimum Gasteiger partial charge on any atom is -0.507 e. The molecule has 0 unspecified atom stereocenters. The van der Waals surface area contributed by atoms with E-state index in [1.54, 1.807) is 12.1 Å². The summed E-state index contributed by atoms with van der Waals surface area (Å²) in [6, 6.07) is 15.0. The highest BCUT2D eigenvalue weighted by molar-refractivity contribution is 7.90. The van der Waals surface area contributed by atoms with Crippen LogP contribution < -0.4 is 5.32 Å². The summed E-state index contributed by atoms with van der Waals surface area (Å²) in [5.41, 5.74) is 2.25. The first kappa shape index (κ1) is 24.6. The molecule has 4 rings (SSSR count). The average Bonchev–Trinajstić information content (AvgIpc) is 2.83. The maximum atomic E-state index is 13.4. The Kier molecular flexibility index (Phi) is 6.73. The Labute approximate surface area is 207 Å². The zero-order valence-electron chi connectivity index (χ0n) is 18.7. The van der Waals surface area contributed by atoms with Gasteiger partial charge in [0.15, 0.2) is 9.84 Å². The molecule has 8 nitrogen and oxygen atoms in total. The van der Waals surface area contributed by atoms with Crippen LogP contribution in [0.3, 0.4) is 0 Å². The second-order valence-corrected chi connectivity index (χ2v) is 10.8. The highest BCUT2D eigenvalue weighted by atomic mass is 35.5. The molecular weight excluding hydrogens is 492 g/mol. The number of benzene rings is 3. The summed E-state index contributed by atoms with van der Waals surface area (Å²) in [6.07, 6.45) is 1.36. The van der Waals surface area contributed by atoms with Gasteiger partial charge in [0.1, 0.15) is 17.5 Å². The Bertz CT molecular complexity index is 1420. The number of aromatic hydroxyl groups is 2. The number of hydrogen-bond acceptors (Lipinski definition) is 6. The Morgan fingerprint density at radius 2 is 1.74 bits per heavy atom. The van der Waals surface area contributed by atoms with E-state index in [-0.39, 0.29) is 40.7 Å². The van der Waals surface area contributed by atoms with Crippen LogP contribution in [0.2, 0.25) is 5.02 Å². The highest BCUT2D eigenvalue weighted by Crippen LogP contribution is 2.33. The molecule has 0 aromatic heterocycles. The van der Waals surface area contributed by atoms with Gasteiger partial charge < -0.3 is 20.4 Å². The molecule has 0 bridgehead atoms. The van der Waals surface area contributed by atoms with Crippen molar-refractivity contribution in [3.05, 3.63) is 87.9 Å². The quantitative estimate of drug-likeness (QED) is 0.481. The summed E-state index contributed by atoms with van der Waals surface area (Å²) in [4.78, 5) is 28.2. The number of carbonyl (C=O) groups excluding carboxylic acids is 2. The number of nitrogens with one attached hydrogen (secondary N) is 1. The molecule has 1 aliphatic heterocycles. The maximum Gasteiger partial charge on any atom is 0.258 e. The Morgan fingerprint density at radius 1 is 1.03 bits per heavy atom. The van der Waals surface area contributed by atoms with E-state index in [0.717, 1.165) is 23.4 Å². The molecule has 3 aromatic rings. The molecule has 182 valence electrons. The summed E-state index contributed by atoms with van der Waals surface area (Å²) in [6.45, 7) is 0.202. The number of fused-ring (bicyclic) bond motifs is 1. The highest BCUT2D eigenvalue weighted by Gasteiger charge is 2.36. The second kappa shape index (κ2) is 9.59. The monoisotopic (exact) mass is 514 g/mol. The fourth-order valence-corrected chi connectivity index (χ4v) is 4.90. The molecule has 1 atom stereocenters. The van der Waals surface area contributed by atoms with Gasteiger partial charge in [0.25, 0.3) is 5.91 Å².